The number of hydrogen-bond donors (Lipinski definition) is 3. The summed E-state index contributed by atoms with van der Waals surface area (Å²) in [4.78, 5) is 22.5. The highest BCUT2D eigenvalue weighted by Crippen LogP contribution is 2.27. The van der Waals surface area contributed by atoms with Crippen LogP contribution in [0.2, 0.25) is 0 Å². The fourth-order valence-corrected chi connectivity index (χ4v) is 2.04. The van der Waals surface area contributed by atoms with E-state index in [9.17, 15) is 9.59 Å². The van der Waals surface area contributed by atoms with E-state index in [4.69, 9.17) is 15.2 Å². The van der Waals surface area contributed by atoms with Crippen LogP contribution in [0.15, 0.2) is 53.6 Å². The van der Waals surface area contributed by atoms with Gasteiger partial charge in [0.1, 0.15) is 0 Å². The van der Waals surface area contributed by atoms with Gasteiger partial charge in [0.2, 0.25) is 0 Å². The maximum atomic E-state index is 11.9. The fraction of sp³-hybridized carbons (Fsp3) is 0.167. The molecule has 3 amide bonds. The first-order valence-corrected chi connectivity index (χ1v) is 7.78. The first kappa shape index (κ1) is 18.8. The summed E-state index contributed by atoms with van der Waals surface area (Å²) in [7, 11) is 1.49. The number of urea groups is 1. The molecule has 0 fully saturated rings. The molecule has 4 N–H and O–H groups in total. The Labute approximate surface area is 151 Å². The van der Waals surface area contributed by atoms with Gasteiger partial charge in [0.15, 0.2) is 18.1 Å². The number of hydrogen-bond acceptors (Lipinski definition) is 5. The zero-order chi connectivity index (χ0) is 18.8. The third-order valence-electron chi connectivity index (χ3n) is 3.27. The standard InChI is InChI=1S/C18H20N4O4/c1-25-16-9-14(11-21-22-18(19)24)7-8-15(16)26-12-17(23)20-10-13-5-3-2-4-6-13/h2-9,11H,10,12H2,1H3,(H,20,23)(H3,19,22,24)/b21-11+. The highest BCUT2D eigenvalue weighted by molar-refractivity contribution is 5.82. The van der Waals surface area contributed by atoms with Gasteiger partial charge >= 0.3 is 6.03 Å². The Morgan fingerprint density at radius 1 is 1.15 bits per heavy atom. The summed E-state index contributed by atoms with van der Waals surface area (Å²) in [5.41, 5.74) is 8.69. The molecule has 2 aromatic carbocycles. The molecule has 0 heterocycles. The third kappa shape index (κ3) is 6.16. The van der Waals surface area contributed by atoms with Crippen LogP contribution in [-0.4, -0.2) is 31.9 Å². The van der Waals surface area contributed by atoms with Gasteiger partial charge < -0.3 is 20.5 Å². The van der Waals surface area contributed by atoms with Crippen molar-refractivity contribution in [3.05, 3.63) is 59.7 Å². The minimum atomic E-state index is -0.755. The molecular weight excluding hydrogens is 336 g/mol. The molecule has 136 valence electrons. The van der Waals surface area contributed by atoms with Crippen molar-refractivity contribution in [1.82, 2.24) is 10.7 Å². The average Bonchev–Trinajstić information content (AvgIpc) is 2.65. The molecule has 0 radical (unpaired) electrons. The van der Waals surface area contributed by atoms with Crippen LogP contribution in [0.3, 0.4) is 0 Å². The second-order valence-electron chi connectivity index (χ2n) is 5.20. The number of benzene rings is 2. The number of amides is 3. The van der Waals surface area contributed by atoms with Crippen molar-refractivity contribution in [3.63, 3.8) is 0 Å². The summed E-state index contributed by atoms with van der Waals surface area (Å²) >= 11 is 0. The van der Waals surface area contributed by atoms with Gasteiger partial charge in [-0.3, -0.25) is 4.79 Å². The van der Waals surface area contributed by atoms with E-state index in [0.29, 0.717) is 23.6 Å². The summed E-state index contributed by atoms with van der Waals surface area (Å²) in [5, 5.41) is 6.44. The van der Waals surface area contributed by atoms with Crippen LogP contribution < -0.4 is 25.9 Å². The van der Waals surface area contributed by atoms with Gasteiger partial charge in [-0.05, 0) is 29.3 Å². The average molecular weight is 356 g/mol. The van der Waals surface area contributed by atoms with E-state index in [0.717, 1.165) is 5.56 Å². The Hall–Kier alpha value is -3.55. The summed E-state index contributed by atoms with van der Waals surface area (Å²) in [6.45, 7) is 0.294. The molecule has 0 atom stereocenters. The number of ether oxygens (including phenoxy) is 2. The van der Waals surface area contributed by atoms with E-state index in [1.54, 1.807) is 18.2 Å². The van der Waals surface area contributed by atoms with E-state index in [1.165, 1.54) is 13.3 Å². The Morgan fingerprint density at radius 2 is 1.92 bits per heavy atom. The maximum absolute atomic E-state index is 11.9. The number of primary amides is 1. The number of methoxy groups -OCH3 is 1. The molecule has 0 aliphatic rings. The zero-order valence-corrected chi connectivity index (χ0v) is 14.3. The number of carbonyl (C=O) groups is 2. The lowest BCUT2D eigenvalue weighted by Gasteiger charge is -2.11. The van der Waals surface area contributed by atoms with Crippen molar-refractivity contribution in [2.24, 2.45) is 10.8 Å². The number of carbonyl (C=O) groups excluding carboxylic acids is 2. The summed E-state index contributed by atoms with van der Waals surface area (Å²) < 4.78 is 10.7. The topological polar surface area (TPSA) is 115 Å². The quantitative estimate of drug-likeness (QED) is 0.490. The molecule has 8 nitrogen and oxygen atoms in total. The van der Waals surface area contributed by atoms with Crippen LogP contribution in [0.4, 0.5) is 4.79 Å². The van der Waals surface area contributed by atoms with Gasteiger partial charge in [0.05, 0.1) is 13.3 Å². The minimum absolute atomic E-state index is 0.139. The lowest BCUT2D eigenvalue weighted by molar-refractivity contribution is -0.123. The van der Waals surface area contributed by atoms with Crippen molar-refractivity contribution in [2.75, 3.05) is 13.7 Å². The highest BCUT2D eigenvalue weighted by Gasteiger charge is 2.08. The van der Waals surface area contributed by atoms with Crippen LogP contribution >= 0.6 is 0 Å². The van der Waals surface area contributed by atoms with Gasteiger partial charge in [-0.2, -0.15) is 5.10 Å². The molecule has 0 bridgehead atoms. The number of rotatable bonds is 8. The molecule has 0 saturated heterocycles. The number of hydrazone groups is 1. The molecule has 0 aliphatic carbocycles. The highest BCUT2D eigenvalue weighted by atomic mass is 16.5. The van der Waals surface area contributed by atoms with Crippen LogP contribution in [0.25, 0.3) is 0 Å². The molecule has 0 aliphatic heterocycles. The van der Waals surface area contributed by atoms with Crippen LogP contribution in [0.5, 0.6) is 11.5 Å². The van der Waals surface area contributed by atoms with E-state index < -0.39 is 6.03 Å². The summed E-state index contributed by atoms with van der Waals surface area (Å²) in [6.07, 6.45) is 1.41. The second kappa shape index (κ2) is 9.67. The largest absolute Gasteiger partial charge is 0.493 e. The number of nitrogens with two attached hydrogens (primary N) is 1. The molecule has 0 spiro atoms. The van der Waals surface area contributed by atoms with E-state index in [1.807, 2.05) is 30.3 Å². The first-order chi connectivity index (χ1) is 12.6. The van der Waals surface area contributed by atoms with Gasteiger partial charge in [0.25, 0.3) is 5.91 Å². The predicted molar refractivity (Wildman–Crippen MR) is 97.1 cm³/mol. The van der Waals surface area contributed by atoms with E-state index in [2.05, 4.69) is 15.8 Å². The maximum Gasteiger partial charge on any atom is 0.332 e. The van der Waals surface area contributed by atoms with Gasteiger partial charge in [-0.25, -0.2) is 10.2 Å². The summed E-state index contributed by atoms with van der Waals surface area (Å²) in [5.74, 6) is 0.610. The molecule has 8 heteroatoms. The van der Waals surface area contributed by atoms with Crippen molar-refractivity contribution in [1.29, 1.82) is 0 Å². The Bertz CT molecular complexity index is 778. The summed E-state index contributed by atoms with van der Waals surface area (Å²) in [6, 6.07) is 13.8. The van der Waals surface area contributed by atoms with Crippen molar-refractivity contribution in [3.8, 4) is 11.5 Å². The SMILES string of the molecule is COc1cc(/C=N/NC(N)=O)ccc1OCC(=O)NCc1ccccc1. The molecule has 0 saturated carbocycles. The number of nitrogens with one attached hydrogen (secondary N) is 2. The van der Waals surface area contributed by atoms with Crippen LogP contribution in [0, 0.1) is 0 Å². The Balaban J connectivity index is 1.88. The lowest BCUT2D eigenvalue weighted by Crippen LogP contribution is -2.28. The van der Waals surface area contributed by atoms with E-state index in [-0.39, 0.29) is 12.5 Å². The Morgan fingerprint density at radius 3 is 2.62 bits per heavy atom. The molecule has 2 aromatic rings. The smallest absolute Gasteiger partial charge is 0.332 e. The lowest BCUT2D eigenvalue weighted by atomic mass is 10.2. The molecule has 2 rings (SSSR count). The van der Waals surface area contributed by atoms with Gasteiger partial charge in [-0.1, -0.05) is 30.3 Å². The fourth-order valence-electron chi connectivity index (χ4n) is 2.04. The van der Waals surface area contributed by atoms with Crippen molar-refractivity contribution >= 4 is 18.2 Å². The Kier molecular flexibility index (Phi) is 6.99. The molecule has 0 aromatic heterocycles. The van der Waals surface area contributed by atoms with Crippen LogP contribution in [-0.2, 0) is 11.3 Å². The zero-order valence-electron chi connectivity index (χ0n) is 14.3. The van der Waals surface area contributed by atoms with E-state index >= 15 is 0 Å². The van der Waals surface area contributed by atoms with Crippen molar-refractivity contribution < 1.29 is 19.1 Å². The second-order valence-corrected chi connectivity index (χ2v) is 5.20. The van der Waals surface area contributed by atoms with Crippen LogP contribution in [0.1, 0.15) is 11.1 Å². The first-order valence-electron chi connectivity index (χ1n) is 7.78. The monoisotopic (exact) mass is 356 g/mol. The normalized spacial score (nSPS) is 10.3. The van der Waals surface area contributed by atoms with Gasteiger partial charge in [-0.15, -0.1) is 0 Å². The third-order valence-corrected chi connectivity index (χ3v) is 3.27. The molecule has 26 heavy (non-hydrogen) atoms. The number of nitrogens with zero attached hydrogens (tertiary/aromatic N) is 1. The molecule has 0 unspecified atom stereocenters. The minimum Gasteiger partial charge on any atom is -0.493 e. The molecular formula is C18H20N4O4. The predicted octanol–water partition coefficient (Wildman–Crippen LogP) is 1.39. The van der Waals surface area contributed by atoms with Gasteiger partial charge in [0, 0.05) is 6.54 Å². The van der Waals surface area contributed by atoms with Crippen molar-refractivity contribution in [2.45, 2.75) is 6.54 Å².